The number of primary amides is 1. The van der Waals surface area contributed by atoms with Gasteiger partial charge in [0.2, 0.25) is 5.91 Å². The van der Waals surface area contributed by atoms with Gasteiger partial charge in [-0.05, 0) is 39.0 Å². The Morgan fingerprint density at radius 3 is 1.68 bits per heavy atom. The highest BCUT2D eigenvalue weighted by Gasteiger charge is 2.13. The van der Waals surface area contributed by atoms with E-state index in [0.717, 1.165) is 12.8 Å². The van der Waals surface area contributed by atoms with E-state index in [-0.39, 0.29) is 12.5 Å². The van der Waals surface area contributed by atoms with Crippen molar-refractivity contribution in [3.05, 3.63) is 12.2 Å². The number of carbonyl (C=O) groups is 1. The summed E-state index contributed by atoms with van der Waals surface area (Å²) < 4.78 is 28.3. The van der Waals surface area contributed by atoms with Crippen molar-refractivity contribution in [2.75, 3.05) is 6.54 Å². The quantitative estimate of drug-likeness (QED) is 0.178. The zero-order valence-corrected chi connectivity index (χ0v) is 18.9. The number of rotatable bonds is 17. The van der Waals surface area contributed by atoms with Gasteiger partial charge in [-0.25, -0.2) is 0 Å². The first-order chi connectivity index (χ1) is 13.3. The Labute approximate surface area is 173 Å². The van der Waals surface area contributed by atoms with E-state index in [1.54, 1.807) is 0 Å². The predicted octanol–water partition coefficient (Wildman–Crippen LogP) is 4.73. The molecule has 28 heavy (non-hydrogen) atoms. The van der Waals surface area contributed by atoms with Gasteiger partial charge in [-0.3, -0.25) is 9.35 Å². The molecule has 5 N–H and O–H groups in total. The highest BCUT2D eigenvalue weighted by molar-refractivity contribution is 7.86. The van der Waals surface area contributed by atoms with Crippen LogP contribution in [0.25, 0.3) is 0 Å². The highest BCUT2D eigenvalue weighted by atomic mass is 32.2. The lowest BCUT2D eigenvalue weighted by Gasteiger charge is -2.00. The van der Waals surface area contributed by atoms with Crippen molar-refractivity contribution >= 4 is 16.0 Å². The second kappa shape index (κ2) is 20.8. The molecule has 0 bridgehead atoms. The number of carbonyl (C=O) groups excluding carboxylic acids is 1. The topological polar surface area (TPSA) is 123 Å². The van der Waals surface area contributed by atoms with Crippen LogP contribution in [0.3, 0.4) is 0 Å². The molecule has 0 aromatic heterocycles. The summed E-state index contributed by atoms with van der Waals surface area (Å²) in [5.41, 5.74) is 10.0. The van der Waals surface area contributed by atoms with Crippen LogP contribution in [0.1, 0.15) is 104 Å². The first-order valence-electron chi connectivity index (χ1n) is 10.8. The van der Waals surface area contributed by atoms with Crippen molar-refractivity contribution in [3.8, 4) is 0 Å². The molecule has 1 atom stereocenters. The van der Waals surface area contributed by atoms with Gasteiger partial charge in [0.15, 0.2) is 0 Å². The second-order valence-electron chi connectivity index (χ2n) is 7.36. The molecule has 7 heteroatoms. The molecule has 0 aliphatic rings. The number of amides is 1. The summed E-state index contributed by atoms with van der Waals surface area (Å²) in [7, 11) is -3.88. The molecule has 0 saturated heterocycles. The summed E-state index contributed by atoms with van der Waals surface area (Å²) in [5.74, 6) is -0.164. The third kappa shape index (κ3) is 25.1. The summed E-state index contributed by atoms with van der Waals surface area (Å²) in [6.07, 6.45) is 21.9. The largest absolute Gasteiger partial charge is 0.370 e. The van der Waals surface area contributed by atoms with Crippen molar-refractivity contribution in [2.24, 2.45) is 11.5 Å². The van der Waals surface area contributed by atoms with Crippen LogP contribution in [0.5, 0.6) is 0 Å². The average molecular weight is 421 g/mol. The fourth-order valence-electron chi connectivity index (χ4n) is 2.49. The molecule has 1 amide bonds. The first kappa shape index (κ1) is 29.3. The number of allylic oxidation sites excluding steroid dienone is 2. The molecule has 0 spiro atoms. The normalized spacial score (nSPS) is 12.6. The monoisotopic (exact) mass is 420 g/mol. The molecule has 0 fully saturated rings. The predicted molar refractivity (Wildman–Crippen MR) is 119 cm³/mol. The minimum absolute atomic E-state index is 0.0428. The van der Waals surface area contributed by atoms with Crippen LogP contribution >= 0.6 is 0 Å². The molecule has 168 valence electrons. The smallest absolute Gasteiger partial charge is 0.268 e. The number of unbranched alkanes of at least 4 members (excludes halogenated alkanes) is 11. The maximum Gasteiger partial charge on any atom is 0.268 e. The van der Waals surface area contributed by atoms with Gasteiger partial charge in [0.1, 0.15) is 0 Å². The van der Waals surface area contributed by atoms with Crippen molar-refractivity contribution in [1.29, 1.82) is 0 Å². The van der Waals surface area contributed by atoms with Gasteiger partial charge in [-0.2, -0.15) is 8.42 Å². The van der Waals surface area contributed by atoms with E-state index in [9.17, 15) is 13.2 Å². The lowest BCUT2D eigenvalue weighted by Crippen LogP contribution is -2.25. The third-order valence-electron chi connectivity index (χ3n) is 4.53. The fraction of sp³-hybridized carbons (Fsp3) is 0.857. The summed E-state index contributed by atoms with van der Waals surface area (Å²) >= 11 is 0. The lowest BCUT2D eigenvalue weighted by molar-refractivity contribution is -0.118. The first-order valence-corrected chi connectivity index (χ1v) is 12.4. The molecular formula is C21H44N2O4S. The van der Waals surface area contributed by atoms with Gasteiger partial charge < -0.3 is 11.5 Å². The maximum atomic E-state index is 10.5. The molecule has 0 aliphatic carbocycles. The maximum absolute atomic E-state index is 10.5. The van der Waals surface area contributed by atoms with Crippen molar-refractivity contribution in [2.45, 2.75) is 109 Å². The summed E-state index contributed by atoms with van der Waals surface area (Å²) in [6, 6.07) is 0. The Morgan fingerprint density at radius 2 is 1.32 bits per heavy atom. The standard InChI is InChI=1S/C18H35NO.C3H9NO3S/c1-2-3-4-5-6-7-8-9-10-11-12-13-14-15-16-17-18(19)20;1-3(2-4)8(5,6)7/h9-10H,2-8,11-17H2,1H3,(H2,19,20);3H,2,4H2,1H3,(H,5,6,7). The van der Waals surface area contributed by atoms with E-state index in [0.29, 0.717) is 6.42 Å². The minimum atomic E-state index is -3.88. The van der Waals surface area contributed by atoms with Gasteiger partial charge in [0.25, 0.3) is 10.1 Å². The minimum Gasteiger partial charge on any atom is -0.370 e. The Hall–Kier alpha value is -0.920. The van der Waals surface area contributed by atoms with Crippen LogP contribution in [0.2, 0.25) is 0 Å². The number of hydrogen-bond donors (Lipinski definition) is 3. The van der Waals surface area contributed by atoms with Gasteiger partial charge >= 0.3 is 0 Å². The third-order valence-corrected chi connectivity index (χ3v) is 5.73. The van der Waals surface area contributed by atoms with Gasteiger partial charge in [0.05, 0.1) is 5.25 Å². The Bertz CT molecular complexity index is 479. The van der Waals surface area contributed by atoms with Crippen LogP contribution < -0.4 is 11.5 Å². The summed E-state index contributed by atoms with van der Waals surface area (Å²) in [4.78, 5) is 10.5. The molecule has 0 aromatic rings. The molecule has 0 saturated carbocycles. The summed E-state index contributed by atoms with van der Waals surface area (Å²) in [5, 5.41) is -0.845. The Kier molecular flexibility index (Phi) is 21.8. The molecule has 1 unspecified atom stereocenters. The van der Waals surface area contributed by atoms with E-state index in [1.807, 2.05) is 0 Å². The second-order valence-corrected chi connectivity index (χ2v) is 9.20. The van der Waals surface area contributed by atoms with Gasteiger partial charge in [0, 0.05) is 13.0 Å². The van der Waals surface area contributed by atoms with E-state index in [1.165, 1.54) is 77.6 Å². The Morgan fingerprint density at radius 1 is 0.893 bits per heavy atom. The molecular weight excluding hydrogens is 376 g/mol. The van der Waals surface area contributed by atoms with Crippen molar-refractivity contribution in [3.63, 3.8) is 0 Å². The van der Waals surface area contributed by atoms with E-state index in [4.69, 9.17) is 16.0 Å². The van der Waals surface area contributed by atoms with Crippen LogP contribution in [-0.2, 0) is 14.9 Å². The molecule has 0 radical (unpaired) electrons. The number of nitrogens with two attached hydrogens (primary N) is 2. The molecule has 0 aliphatic heterocycles. The van der Waals surface area contributed by atoms with Gasteiger partial charge in [-0.15, -0.1) is 0 Å². The molecule has 0 rings (SSSR count). The van der Waals surface area contributed by atoms with E-state index in [2.05, 4.69) is 19.1 Å². The average Bonchev–Trinajstić information content (AvgIpc) is 2.63. The zero-order valence-electron chi connectivity index (χ0n) is 18.1. The van der Waals surface area contributed by atoms with Gasteiger partial charge in [-0.1, -0.05) is 70.4 Å². The molecule has 0 aromatic carbocycles. The fourth-order valence-corrected chi connectivity index (χ4v) is 2.73. The van der Waals surface area contributed by atoms with Crippen LogP contribution in [0, 0.1) is 0 Å². The lowest BCUT2D eigenvalue weighted by atomic mass is 10.1. The summed E-state index contributed by atoms with van der Waals surface area (Å²) in [6.45, 7) is 3.56. The SMILES string of the molecule is CC(CN)S(=O)(=O)O.CCCCCCCCC=CCCCCCCCC(N)=O. The van der Waals surface area contributed by atoms with Crippen molar-refractivity contribution < 1.29 is 17.8 Å². The molecule has 6 nitrogen and oxygen atoms in total. The molecule has 0 heterocycles. The van der Waals surface area contributed by atoms with Crippen LogP contribution in [0.4, 0.5) is 0 Å². The van der Waals surface area contributed by atoms with E-state index >= 15 is 0 Å². The van der Waals surface area contributed by atoms with Crippen molar-refractivity contribution in [1.82, 2.24) is 0 Å². The van der Waals surface area contributed by atoms with E-state index < -0.39 is 15.4 Å². The number of hydrogen-bond acceptors (Lipinski definition) is 4. The Balaban J connectivity index is 0. The highest BCUT2D eigenvalue weighted by Crippen LogP contribution is 2.09. The van der Waals surface area contributed by atoms with Crippen LogP contribution in [0.15, 0.2) is 12.2 Å². The van der Waals surface area contributed by atoms with Crippen LogP contribution in [-0.4, -0.2) is 30.7 Å². The zero-order chi connectivity index (χ0) is 21.7.